The van der Waals surface area contributed by atoms with E-state index in [1.54, 1.807) is 0 Å². The van der Waals surface area contributed by atoms with Gasteiger partial charge in [-0.3, -0.25) is 4.79 Å². The van der Waals surface area contributed by atoms with E-state index in [2.05, 4.69) is 6.92 Å². The zero-order chi connectivity index (χ0) is 12.8. The maximum Gasteiger partial charge on any atom is 0.168 e. The van der Waals surface area contributed by atoms with Crippen molar-refractivity contribution in [3.05, 3.63) is 35.4 Å². The summed E-state index contributed by atoms with van der Waals surface area (Å²) in [6.07, 6.45) is 3.42. The second-order valence-electron chi connectivity index (χ2n) is 4.24. The Morgan fingerprint density at radius 2 is 2.00 bits per heavy atom. The highest BCUT2D eigenvalue weighted by molar-refractivity contribution is 5.98. The summed E-state index contributed by atoms with van der Waals surface area (Å²) in [5.41, 5.74) is 0.00866. The van der Waals surface area contributed by atoms with Crippen LogP contribution in [0.4, 0.5) is 8.78 Å². The van der Waals surface area contributed by atoms with Crippen LogP contribution in [0.5, 0.6) is 0 Å². The number of Topliss-reactive ketones (excluding diaryl/α,β-unsaturated/α-hetero) is 1. The number of rotatable bonds is 6. The molecule has 17 heavy (non-hydrogen) atoms. The van der Waals surface area contributed by atoms with E-state index < -0.39 is 11.6 Å². The third kappa shape index (κ3) is 3.62. The Labute approximate surface area is 101 Å². The fraction of sp³-hybridized carbons (Fsp3) is 0.500. The third-order valence-electron chi connectivity index (χ3n) is 2.97. The molecule has 0 saturated heterocycles. The van der Waals surface area contributed by atoms with Crippen molar-refractivity contribution in [3.63, 3.8) is 0 Å². The summed E-state index contributed by atoms with van der Waals surface area (Å²) in [7, 11) is 0. The van der Waals surface area contributed by atoms with Crippen molar-refractivity contribution in [2.24, 2.45) is 5.92 Å². The first kappa shape index (κ1) is 13.8. The molecule has 0 aromatic heterocycles. The van der Waals surface area contributed by atoms with E-state index in [0.717, 1.165) is 31.4 Å². The summed E-state index contributed by atoms with van der Waals surface area (Å²) in [5, 5.41) is 0. The van der Waals surface area contributed by atoms with Gasteiger partial charge in [0, 0.05) is 12.0 Å². The Morgan fingerprint density at radius 1 is 1.29 bits per heavy atom. The molecule has 0 aliphatic heterocycles. The summed E-state index contributed by atoms with van der Waals surface area (Å²) in [6.45, 7) is 3.97. The van der Waals surface area contributed by atoms with Gasteiger partial charge in [-0.1, -0.05) is 26.7 Å². The van der Waals surface area contributed by atoms with Crippen molar-refractivity contribution in [3.8, 4) is 0 Å². The van der Waals surface area contributed by atoms with Gasteiger partial charge in [-0.2, -0.15) is 0 Å². The number of carbonyl (C=O) groups excluding carboxylic acids is 1. The van der Waals surface area contributed by atoms with Crippen LogP contribution in [-0.4, -0.2) is 5.78 Å². The predicted molar refractivity (Wildman–Crippen MR) is 64.0 cm³/mol. The predicted octanol–water partition coefficient (Wildman–Crippen LogP) is 4.36. The molecular formula is C14H18F2O. The minimum Gasteiger partial charge on any atom is -0.294 e. The Hall–Kier alpha value is -1.25. The van der Waals surface area contributed by atoms with Gasteiger partial charge in [0.15, 0.2) is 5.78 Å². The SMILES string of the molecule is CCCCC(CC)C(=O)c1ccc(F)cc1F. The van der Waals surface area contributed by atoms with Gasteiger partial charge in [-0.15, -0.1) is 0 Å². The molecule has 1 aromatic carbocycles. The highest BCUT2D eigenvalue weighted by atomic mass is 19.1. The number of benzene rings is 1. The fourth-order valence-electron chi connectivity index (χ4n) is 1.88. The van der Waals surface area contributed by atoms with Crippen molar-refractivity contribution in [1.82, 2.24) is 0 Å². The monoisotopic (exact) mass is 240 g/mol. The van der Waals surface area contributed by atoms with Gasteiger partial charge in [0.1, 0.15) is 11.6 Å². The zero-order valence-electron chi connectivity index (χ0n) is 10.3. The number of ketones is 1. The van der Waals surface area contributed by atoms with Gasteiger partial charge in [0.25, 0.3) is 0 Å². The molecular weight excluding hydrogens is 222 g/mol. The van der Waals surface area contributed by atoms with Gasteiger partial charge in [-0.05, 0) is 25.0 Å². The minimum atomic E-state index is -0.759. The van der Waals surface area contributed by atoms with Gasteiger partial charge < -0.3 is 0 Å². The third-order valence-corrected chi connectivity index (χ3v) is 2.97. The van der Waals surface area contributed by atoms with Crippen LogP contribution in [0.3, 0.4) is 0 Å². The summed E-state index contributed by atoms with van der Waals surface area (Å²) in [5.74, 6) is -1.78. The second kappa shape index (κ2) is 6.48. The molecule has 0 bridgehead atoms. The molecule has 1 rings (SSSR count). The Morgan fingerprint density at radius 3 is 2.53 bits per heavy atom. The van der Waals surface area contributed by atoms with Crippen molar-refractivity contribution < 1.29 is 13.6 Å². The van der Waals surface area contributed by atoms with Crippen LogP contribution >= 0.6 is 0 Å². The van der Waals surface area contributed by atoms with Crippen molar-refractivity contribution >= 4 is 5.78 Å². The van der Waals surface area contributed by atoms with Crippen LogP contribution in [0, 0.1) is 17.6 Å². The first-order valence-electron chi connectivity index (χ1n) is 6.09. The first-order valence-corrected chi connectivity index (χ1v) is 6.09. The number of hydrogen-bond acceptors (Lipinski definition) is 1. The topological polar surface area (TPSA) is 17.1 Å². The number of halogens is 2. The van der Waals surface area contributed by atoms with E-state index in [0.29, 0.717) is 6.42 Å². The van der Waals surface area contributed by atoms with E-state index in [-0.39, 0.29) is 17.3 Å². The lowest BCUT2D eigenvalue weighted by atomic mass is 9.90. The molecule has 1 aromatic rings. The first-order chi connectivity index (χ1) is 8.10. The number of carbonyl (C=O) groups is 1. The molecule has 3 heteroatoms. The highest BCUT2D eigenvalue weighted by Crippen LogP contribution is 2.21. The summed E-state index contributed by atoms with van der Waals surface area (Å²) < 4.78 is 26.2. The molecule has 1 unspecified atom stereocenters. The highest BCUT2D eigenvalue weighted by Gasteiger charge is 2.20. The smallest absolute Gasteiger partial charge is 0.168 e. The Bertz CT molecular complexity index is 388. The number of hydrogen-bond donors (Lipinski definition) is 0. The molecule has 0 heterocycles. The maximum absolute atomic E-state index is 13.5. The van der Waals surface area contributed by atoms with E-state index in [1.165, 1.54) is 6.07 Å². The normalized spacial score (nSPS) is 12.5. The molecule has 0 aliphatic carbocycles. The van der Waals surface area contributed by atoms with Crippen LogP contribution in [0.2, 0.25) is 0 Å². The van der Waals surface area contributed by atoms with Crippen LogP contribution in [-0.2, 0) is 0 Å². The van der Waals surface area contributed by atoms with E-state index >= 15 is 0 Å². The van der Waals surface area contributed by atoms with Crippen molar-refractivity contribution in [2.45, 2.75) is 39.5 Å². The molecule has 0 spiro atoms. The van der Waals surface area contributed by atoms with Gasteiger partial charge >= 0.3 is 0 Å². The minimum absolute atomic E-state index is 0.00866. The Kier molecular flexibility index (Phi) is 5.26. The van der Waals surface area contributed by atoms with E-state index in [4.69, 9.17) is 0 Å². The molecule has 0 amide bonds. The molecule has 0 saturated carbocycles. The molecule has 1 atom stereocenters. The lowest BCUT2D eigenvalue weighted by Gasteiger charge is -2.13. The average Bonchev–Trinajstić information content (AvgIpc) is 2.29. The fourth-order valence-corrected chi connectivity index (χ4v) is 1.88. The average molecular weight is 240 g/mol. The lowest BCUT2D eigenvalue weighted by Crippen LogP contribution is -2.15. The quantitative estimate of drug-likeness (QED) is 0.675. The van der Waals surface area contributed by atoms with Gasteiger partial charge in [0.2, 0.25) is 0 Å². The molecule has 0 radical (unpaired) electrons. The second-order valence-corrected chi connectivity index (χ2v) is 4.24. The van der Waals surface area contributed by atoms with Crippen LogP contribution in [0.1, 0.15) is 49.9 Å². The van der Waals surface area contributed by atoms with Crippen LogP contribution < -0.4 is 0 Å². The zero-order valence-corrected chi connectivity index (χ0v) is 10.3. The van der Waals surface area contributed by atoms with E-state index in [9.17, 15) is 13.6 Å². The lowest BCUT2D eigenvalue weighted by molar-refractivity contribution is 0.0904. The molecule has 94 valence electrons. The van der Waals surface area contributed by atoms with Gasteiger partial charge in [0.05, 0.1) is 5.56 Å². The number of unbranched alkanes of at least 4 members (excludes halogenated alkanes) is 1. The summed E-state index contributed by atoms with van der Waals surface area (Å²) >= 11 is 0. The van der Waals surface area contributed by atoms with Gasteiger partial charge in [-0.25, -0.2) is 8.78 Å². The van der Waals surface area contributed by atoms with E-state index in [1.807, 2.05) is 6.92 Å². The summed E-state index contributed by atoms with van der Waals surface area (Å²) in [4.78, 5) is 12.1. The molecule has 0 fully saturated rings. The largest absolute Gasteiger partial charge is 0.294 e. The van der Waals surface area contributed by atoms with Crippen LogP contribution in [0.15, 0.2) is 18.2 Å². The van der Waals surface area contributed by atoms with Crippen molar-refractivity contribution in [2.75, 3.05) is 0 Å². The molecule has 1 nitrogen and oxygen atoms in total. The Balaban J connectivity index is 2.86. The van der Waals surface area contributed by atoms with Crippen LogP contribution in [0.25, 0.3) is 0 Å². The molecule has 0 N–H and O–H groups in total. The molecule has 0 aliphatic rings. The summed E-state index contributed by atoms with van der Waals surface area (Å²) in [6, 6.07) is 3.13. The van der Waals surface area contributed by atoms with Crippen molar-refractivity contribution in [1.29, 1.82) is 0 Å². The standard InChI is InChI=1S/C14H18F2O/c1-3-5-6-10(4-2)14(17)12-8-7-11(15)9-13(12)16/h7-10H,3-6H2,1-2H3. The maximum atomic E-state index is 13.5.